The summed E-state index contributed by atoms with van der Waals surface area (Å²) < 4.78 is 29.7. The zero-order chi connectivity index (χ0) is 18.1. The fraction of sp³-hybridized carbons (Fsp3) is 0.150. The van der Waals surface area contributed by atoms with Gasteiger partial charge < -0.3 is 0 Å². The lowest BCUT2D eigenvalue weighted by Gasteiger charge is -2.22. The van der Waals surface area contributed by atoms with Crippen LogP contribution in [0.1, 0.15) is 18.9 Å². The first-order valence-electron chi connectivity index (χ1n) is 8.28. The van der Waals surface area contributed by atoms with Crippen LogP contribution in [0.3, 0.4) is 0 Å². The highest BCUT2D eigenvalue weighted by molar-refractivity contribution is 8.00. The number of thioether (sulfide) groups is 1. The number of benzene rings is 3. The van der Waals surface area contributed by atoms with Crippen LogP contribution >= 0.6 is 11.8 Å². The fourth-order valence-corrected chi connectivity index (χ4v) is 4.93. The van der Waals surface area contributed by atoms with Gasteiger partial charge in [0.2, 0.25) is 0 Å². The minimum absolute atomic E-state index is 0.0984. The van der Waals surface area contributed by atoms with Crippen molar-refractivity contribution in [3.63, 3.8) is 0 Å². The molecule has 0 saturated carbocycles. The number of oxime groups is 1. The number of fused-ring (bicyclic) bond motifs is 2. The Morgan fingerprint density at radius 2 is 1.65 bits per heavy atom. The highest BCUT2D eigenvalue weighted by Gasteiger charge is 2.24. The van der Waals surface area contributed by atoms with Crippen LogP contribution in [0.4, 0.5) is 0 Å². The lowest BCUT2D eigenvalue weighted by molar-refractivity contribution is 0.337. The summed E-state index contributed by atoms with van der Waals surface area (Å²) in [6.45, 7) is 2.10. The Hall–Kier alpha value is -2.31. The first-order chi connectivity index (χ1) is 12.5. The van der Waals surface area contributed by atoms with Crippen LogP contribution in [0.15, 0.2) is 81.7 Å². The van der Waals surface area contributed by atoms with Gasteiger partial charge in [0.1, 0.15) is 4.90 Å². The average molecular weight is 383 g/mol. The summed E-state index contributed by atoms with van der Waals surface area (Å²) in [5.41, 5.74) is 1.60. The maximum atomic E-state index is 12.3. The van der Waals surface area contributed by atoms with E-state index in [4.69, 9.17) is 4.28 Å². The molecule has 3 aromatic carbocycles. The molecule has 0 spiro atoms. The van der Waals surface area contributed by atoms with E-state index in [0.717, 1.165) is 21.2 Å². The third-order valence-corrected chi connectivity index (χ3v) is 6.53. The van der Waals surface area contributed by atoms with Gasteiger partial charge in [-0.15, -0.1) is 11.8 Å². The Balaban J connectivity index is 1.73. The number of hydrogen-bond acceptors (Lipinski definition) is 5. The van der Waals surface area contributed by atoms with Crippen LogP contribution in [0, 0.1) is 0 Å². The molecule has 1 atom stereocenters. The van der Waals surface area contributed by atoms with E-state index in [2.05, 4.69) is 30.3 Å². The number of rotatable bonds is 3. The Bertz CT molecular complexity index is 1090. The molecule has 6 heteroatoms. The third-order valence-electron chi connectivity index (χ3n) is 4.25. The summed E-state index contributed by atoms with van der Waals surface area (Å²) in [4.78, 5) is 1.20. The zero-order valence-electron chi connectivity index (χ0n) is 14.1. The van der Waals surface area contributed by atoms with Crippen LogP contribution in [-0.4, -0.2) is 19.4 Å². The molecule has 26 heavy (non-hydrogen) atoms. The van der Waals surface area contributed by atoms with Gasteiger partial charge >= 0.3 is 10.1 Å². The quantitative estimate of drug-likeness (QED) is 0.608. The van der Waals surface area contributed by atoms with E-state index in [9.17, 15) is 8.42 Å². The van der Waals surface area contributed by atoms with Crippen molar-refractivity contribution in [2.45, 2.75) is 28.4 Å². The molecule has 0 radical (unpaired) electrons. The highest BCUT2D eigenvalue weighted by atomic mass is 32.2. The van der Waals surface area contributed by atoms with E-state index in [1.807, 2.05) is 18.2 Å². The van der Waals surface area contributed by atoms with Gasteiger partial charge in [0.05, 0.1) is 5.71 Å². The van der Waals surface area contributed by atoms with Crippen molar-refractivity contribution in [2.75, 3.05) is 0 Å². The van der Waals surface area contributed by atoms with Gasteiger partial charge in [0, 0.05) is 22.1 Å². The average Bonchev–Trinajstić information content (AvgIpc) is 2.65. The third kappa shape index (κ3) is 3.34. The molecule has 1 aliphatic heterocycles. The molecule has 1 aliphatic rings. The first kappa shape index (κ1) is 17.1. The largest absolute Gasteiger partial charge is 0.358 e. The summed E-state index contributed by atoms with van der Waals surface area (Å²) in [6, 6.07) is 20.4. The van der Waals surface area contributed by atoms with E-state index < -0.39 is 10.1 Å². The van der Waals surface area contributed by atoms with E-state index in [1.54, 1.807) is 30.0 Å². The Morgan fingerprint density at radius 3 is 2.38 bits per heavy atom. The smallest absolute Gasteiger partial charge is 0.264 e. The molecule has 0 saturated heterocycles. The van der Waals surface area contributed by atoms with Crippen molar-refractivity contribution in [2.24, 2.45) is 5.16 Å². The summed E-state index contributed by atoms with van der Waals surface area (Å²) in [5, 5.41) is 6.60. The molecule has 1 heterocycles. The normalized spacial score (nSPS) is 18.7. The summed E-state index contributed by atoms with van der Waals surface area (Å²) >= 11 is 1.77. The van der Waals surface area contributed by atoms with Gasteiger partial charge in [-0.2, -0.15) is 8.42 Å². The molecule has 4 rings (SSSR count). The molecule has 0 aromatic heterocycles. The topological polar surface area (TPSA) is 55.7 Å². The zero-order valence-corrected chi connectivity index (χ0v) is 15.8. The minimum atomic E-state index is -3.92. The van der Waals surface area contributed by atoms with Crippen LogP contribution < -0.4 is 0 Å². The predicted molar refractivity (Wildman–Crippen MR) is 105 cm³/mol. The van der Waals surface area contributed by atoms with Crippen molar-refractivity contribution in [3.05, 3.63) is 72.3 Å². The Morgan fingerprint density at radius 1 is 1.00 bits per heavy atom. The second kappa shape index (κ2) is 6.78. The van der Waals surface area contributed by atoms with Crippen LogP contribution in [-0.2, 0) is 14.4 Å². The van der Waals surface area contributed by atoms with Crippen LogP contribution in [0.5, 0.6) is 0 Å². The SMILES string of the molecule is CC1CC(=NOS(=O)(=O)c2ccccc2)c2cc3ccccc3cc2S1. The van der Waals surface area contributed by atoms with E-state index in [0.29, 0.717) is 17.4 Å². The second-order valence-corrected chi connectivity index (χ2v) is 9.22. The number of hydrogen-bond donors (Lipinski definition) is 0. The Labute approximate surface area is 157 Å². The molecular formula is C20H17NO3S2. The summed E-state index contributed by atoms with van der Waals surface area (Å²) in [7, 11) is -3.92. The van der Waals surface area contributed by atoms with E-state index >= 15 is 0 Å². The molecule has 0 N–H and O–H groups in total. The summed E-state index contributed by atoms with van der Waals surface area (Å²) in [5.74, 6) is 0. The van der Waals surface area contributed by atoms with E-state index in [-0.39, 0.29) is 4.90 Å². The predicted octanol–water partition coefficient (Wildman–Crippen LogP) is 4.83. The first-order valence-corrected chi connectivity index (χ1v) is 10.6. The minimum Gasteiger partial charge on any atom is -0.264 e. The lowest BCUT2D eigenvalue weighted by atomic mass is 10.0. The van der Waals surface area contributed by atoms with Crippen molar-refractivity contribution in [3.8, 4) is 0 Å². The van der Waals surface area contributed by atoms with Crippen molar-refractivity contribution < 1.29 is 12.7 Å². The molecule has 4 nitrogen and oxygen atoms in total. The molecule has 0 fully saturated rings. The van der Waals surface area contributed by atoms with Gasteiger partial charge in [0.25, 0.3) is 0 Å². The lowest BCUT2D eigenvalue weighted by Crippen LogP contribution is -2.17. The van der Waals surface area contributed by atoms with Gasteiger partial charge in [-0.3, -0.25) is 4.28 Å². The summed E-state index contributed by atoms with van der Waals surface area (Å²) in [6.07, 6.45) is 0.653. The molecule has 1 unspecified atom stereocenters. The molecule has 0 aliphatic carbocycles. The molecule has 3 aromatic rings. The van der Waals surface area contributed by atoms with E-state index in [1.165, 1.54) is 12.1 Å². The highest BCUT2D eigenvalue weighted by Crippen LogP contribution is 2.38. The van der Waals surface area contributed by atoms with Crippen LogP contribution in [0.2, 0.25) is 0 Å². The van der Waals surface area contributed by atoms with Crippen molar-refractivity contribution in [1.29, 1.82) is 0 Å². The molecular weight excluding hydrogens is 366 g/mol. The van der Waals surface area contributed by atoms with Gasteiger partial charge in [-0.25, -0.2) is 0 Å². The van der Waals surface area contributed by atoms with Gasteiger partial charge in [-0.05, 0) is 35.0 Å². The second-order valence-electron chi connectivity index (χ2n) is 6.21. The fourth-order valence-electron chi connectivity index (χ4n) is 2.99. The van der Waals surface area contributed by atoms with Gasteiger partial charge in [0.15, 0.2) is 0 Å². The maximum Gasteiger partial charge on any atom is 0.358 e. The van der Waals surface area contributed by atoms with Crippen LogP contribution in [0.25, 0.3) is 10.8 Å². The van der Waals surface area contributed by atoms with Crippen molar-refractivity contribution in [1.82, 2.24) is 0 Å². The monoisotopic (exact) mass is 383 g/mol. The number of nitrogens with zero attached hydrogens (tertiary/aromatic N) is 1. The Kier molecular flexibility index (Phi) is 4.46. The standard InChI is InChI=1S/C20H17NO3S2/c1-14-11-19(21-24-26(22,23)17-9-3-2-4-10-17)18-12-15-7-5-6-8-16(15)13-20(18)25-14/h2-10,12-14H,11H2,1H3. The van der Waals surface area contributed by atoms with Crippen molar-refractivity contribution >= 4 is 38.4 Å². The maximum absolute atomic E-state index is 12.3. The van der Waals surface area contributed by atoms with Gasteiger partial charge in [-0.1, -0.05) is 54.5 Å². The molecule has 0 bridgehead atoms. The molecule has 132 valence electrons. The molecule has 0 amide bonds.